The smallest absolute Gasteiger partial charge is 0.263 e. The van der Waals surface area contributed by atoms with Gasteiger partial charge < -0.3 is 24.6 Å². The molecule has 1 amide bonds. The summed E-state index contributed by atoms with van der Waals surface area (Å²) in [5.41, 5.74) is -1.80. The second-order valence-corrected chi connectivity index (χ2v) is 7.53. The third kappa shape index (κ3) is 4.46. The minimum atomic E-state index is -1.28. The summed E-state index contributed by atoms with van der Waals surface area (Å²) in [6.45, 7) is 5.11. The zero-order valence-electron chi connectivity index (χ0n) is 15.4. The van der Waals surface area contributed by atoms with Crippen LogP contribution in [0.1, 0.15) is 26.3 Å². The Balaban J connectivity index is 1.63. The molecule has 144 valence electrons. The number of carbonyl (C=O) groups is 1. The monoisotopic (exact) mass is 391 g/mol. The average molecular weight is 392 g/mol. The van der Waals surface area contributed by atoms with Crippen molar-refractivity contribution in [2.24, 2.45) is 0 Å². The lowest BCUT2D eigenvalue weighted by molar-refractivity contribution is -0.135. The van der Waals surface area contributed by atoms with Crippen molar-refractivity contribution >= 4 is 17.5 Å². The fraction of sp³-hybridized carbons (Fsp3) is 0.350. The average Bonchev–Trinajstić information content (AvgIpc) is 3.09. The van der Waals surface area contributed by atoms with E-state index in [2.05, 4.69) is 5.32 Å². The molecule has 0 bridgehead atoms. The van der Waals surface area contributed by atoms with E-state index >= 15 is 0 Å². The molecular weight excluding hydrogens is 370 g/mol. The van der Waals surface area contributed by atoms with Gasteiger partial charge in [-0.05, 0) is 62.7 Å². The number of carbonyl (C=O) groups excluding carboxylic acids is 1. The van der Waals surface area contributed by atoms with Gasteiger partial charge >= 0.3 is 0 Å². The summed E-state index contributed by atoms with van der Waals surface area (Å²) in [6, 6.07) is 12.0. The van der Waals surface area contributed by atoms with Crippen molar-refractivity contribution < 1.29 is 24.1 Å². The van der Waals surface area contributed by atoms with E-state index in [0.29, 0.717) is 27.8 Å². The number of aliphatic hydroxyl groups is 1. The van der Waals surface area contributed by atoms with Crippen LogP contribution in [0.15, 0.2) is 42.5 Å². The molecule has 6 nitrogen and oxygen atoms in total. The molecule has 1 aliphatic rings. The Morgan fingerprint density at radius 1 is 1.15 bits per heavy atom. The fourth-order valence-electron chi connectivity index (χ4n) is 2.64. The molecule has 2 aromatic carbocycles. The first kappa shape index (κ1) is 19.3. The van der Waals surface area contributed by atoms with Crippen LogP contribution in [0.25, 0.3) is 0 Å². The first-order valence-electron chi connectivity index (χ1n) is 8.53. The fourth-order valence-corrected chi connectivity index (χ4v) is 2.77. The van der Waals surface area contributed by atoms with Crippen LogP contribution < -0.4 is 19.5 Å². The van der Waals surface area contributed by atoms with Gasteiger partial charge in [0.2, 0.25) is 6.79 Å². The van der Waals surface area contributed by atoms with Crippen molar-refractivity contribution in [1.82, 2.24) is 5.32 Å². The molecule has 3 rings (SSSR count). The molecule has 0 fully saturated rings. The SMILES string of the molecule is CC(C)(Oc1ccc(Cl)cc1)C(=O)NC[C@@](C)(O)c1ccc2c(c1)OCO2. The minimum Gasteiger partial charge on any atom is -0.478 e. The van der Waals surface area contributed by atoms with E-state index in [1.165, 1.54) is 0 Å². The van der Waals surface area contributed by atoms with E-state index < -0.39 is 11.2 Å². The Hall–Kier alpha value is -2.44. The summed E-state index contributed by atoms with van der Waals surface area (Å²) in [5.74, 6) is 1.39. The lowest BCUT2D eigenvalue weighted by Crippen LogP contribution is -2.50. The number of ether oxygens (including phenoxy) is 3. The highest BCUT2D eigenvalue weighted by molar-refractivity contribution is 6.30. The largest absolute Gasteiger partial charge is 0.478 e. The molecule has 0 saturated heterocycles. The summed E-state index contributed by atoms with van der Waals surface area (Å²) in [4.78, 5) is 12.6. The van der Waals surface area contributed by atoms with Gasteiger partial charge in [0.1, 0.15) is 11.4 Å². The summed E-state index contributed by atoms with van der Waals surface area (Å²) in [6.07, 6.45) is 0. The lowest BCUT2D eigenvalue weighted by atomic mass is 9.95. The number of halogens is 1. The minimum absolute atomic E-state index is 0.0128. The lowest BCUT2D eigenvalue weighted by Gasteiger charge is -2.29. The second-order valence-electron chi connectivity index (χ2n) is 7.09. The molecule has 0 radical (unpaired) electrons. The maximum atomic E-state index is 12.6. The maximum Gasteiger partial charge on any atom is 0.263 e. The first-order valence-corrected chi connectivity index (χ1v) is 8.91. The van der Waals surface area contributed by atoms with Gasteiger partial charge in [0, 0.05) is 5.02 Å². The van der Waals surface area contributed by atoms with E-state index in [-0.39, 0.29) is 19.2 Å². The molecule has 0 spiro atoms. The van der Waals surface area contributed by atoms with Gasteiger partial charge in [-0.25, -0.2) is 0 Å². The number of hydrogen-bond donors (Lipinski definition) is 2. The van der Waals surface area contributed by atoms with Crippen LogP contribution in [-0.2, 0) is 10.4 Å². The van der Waals surface area contributed by atoms with E-state index in [9.17, 15) is 9.90 Å². The Labute approximate surface area is 163 Å². The van der Waals surface area contributed by atoms with Gasteiger partial charge in [-0.3, -0.25) is 4.79 Å². The Morgan fingerprint density at radius 2 is 1.81 bits per heavy atom. The van der Waals surface area contributed by atoms with Gasteiger partial charge in [-0.1, -0.05) is 17.7 Å². The summed E-state index contributed by atoms with van der Waals surface area (Å²) < 4.78 is 16.4. The normalized spacial score (nSPS) is 15.1. The zero-order chi connectivity index (χ0) is 19.7. The molecule has 0 saturated carbocycles. The Morgan fingerprint density at radius 3 is 2.52 bits per heavy atom. The van der Waals surface area contributed by atoms with Crippen molar-refractivity contribution in [2.75, 3.05) is 13.3 Å². The van der Waals surface area contributed by atoms with Crippen molar-refractivity contribution in [3.63, 3.8) is 0 Å². The predicted molar refractivity (Wildman–Crippen MR) is 101 cm³/mol. The molecule has 1 heterocycles. The molecule has 7 heteroatoms. The number of hydrogen-bond acceptors (Lipinski definition) is 5. The van der Waals surface area contributed by atoms with Gasteiger partial charge in [-0.15, -0.1) is 0 Å². The number of nitrogens with one attached hydrogen (secondary N) is 1. The molecule has 0 aromatic heterocycles. The number of amides is 1. The van der Waals surface area contributed by atoms with Crippen LogP contribution in [0.5, 0.6) is 17.2 Å². The summed E-state index contributed by atoms with van der Waals surface area (Å²) in [5, 5.41) is 14.1. The highest BCUT2D eigenvalue weighted by Crippen LogP contribution is 2.35. The van der Waals surface area contributed by atoms with Gasteiger partial charge in [-0.2, -0.15) is 0 Å². The van der Waals surface area contributed by atoms with Gasteiger partial charge in [0.05, 0.1) is 6.54 Å². The zero-order valence-corrected chi connectivity index (χ0v) is 16.2. The number of rotatable bonds is 6. The topological polar surface area (TPSA) is 77.0 Å². The molecule has 2 aromatic rings. The van der Waals surface area contributed by atoms with Crippen molar-refractivity contribution in [3.05, 3.63) is 53.1 Å². The third-order valence-electron chi connectivity index (χ3n) is 4.32. The van der Waals surface area contributed by atoms with Crippen LogP contribution in [0.2, 0.25) is 5.02 Å². The molecule has 1 atom stereocenters. The van der Waals surface area contributed by atoms with E-state index in [1.807, 2.05) is 0 Å². The van der Waals surface area contributed by atoms with Gasteiger partial charge in [0.25, 0.3) is 5.91 Å². The molecule has 0 aliphatic carbocycles. The highest BCUT2D eigenvalue weighted by Gasteiger charge is 2.33. The number of benzene rings is 2. The molecule has 27 heavy (non-hydrogen) atoms. The van der Waals surface area contributed by atoms with E-state index in [1.54, 1.807) is 63.2 Å². The Kier molecular flexibility index (Phi) is 5.22. The van der Waals surface area contributed by atoms with Crippen LogP contribution >= 0.6 is 11.6 Å². The van der Waals surface area contributed by atoms with Crippen molar-refractivity contribution in [2.45, 2.75) is 32.0 Å². The van der Waals surface area contributed by atoms with Crippen LogP contribution in [0.4, 0.5) is 0 Å². The summed E-state index contributed by atoms with van der Waals surface area (Å²) in [7, 11) is 0. The van der Waals surface area contributed by atoms with Crippen molar-refractivity contribution in [1.29, 1.82) is 0 Å². The molecular formula is C20H22ClNO5. The van der Waals surface area contributed by atoms with Crippen molar-refractivity contribution in [3.8, 4) is 17.2 Å². The van der Waals surface area contributed by atoms with Crippen LogP contribution in [0, 0.1) is 0 Å². The highest BCUT2D eigenvalue weighted by atomic mass is 35.5. The predicted octanol–water partition coefficient (Wildman–Crippen LogP) is 3.25. The van der Waals surface area contributed by atoms with Gasteiger partial charge in [0.15, 0.2) is 17.1 Å². The number of fused-ring (bicyclic) bond motifs is 1. The molecule has 2 N–H and O–H groups in total. The van der Waals surface area contributed by atoms with E-state index in [0.717, 1.165) is 0 Å². The quantitative estimate of drug-likeness (QED) is 0.790. The second kappa shape index (κ2) is 7.29. The van der Waals surface area contributed by atoms with Crippen LogP contribution in [0.3, 0.4) is 0 Å². The molecule has 0 unspecified atom stereocenters. The molecule has 1 aliphatic heterocycles. The van der Waals surface area contributed by atoms with E-state index in [4.69, 9.17) is 25.8 Å². The Bertz CT molecular complexity index is 833. The third-order valence-corrected chi connectivity index (χ3v) is 4.57. The summed E-state index contributed by atoms with van der Waals surface area (Å²) >= 11 is 5.86. The van der Waals surface area contributed by atoms with Crippen LogP contribution in [-0.4, -0.2) is 30.0 Å². The standard InChI is InChI=1S/C20H22ClNO5/c1-19(2,27-15-7-5-14(21)6-8-15)18(23)22-11-20(3,24)13-4-9-16-17(10-13)26-12-25-16/h4-10,24H,11-12H2,1-3H3,(H,22,23)/t20-/m1/s1. The maximum absolute atomic E-state index is 12.6. The first-order chi connectivity index (χ1) is 12.7.